The van der Waals surface area contributed by atoms with Gasteiger partial charge >= 0.3 is 6.03 Å². The Labute approximate surface area is 106 Å². The smallest absolute Gasteiger partial charge is 0.306 e. The van der Waals surface area contributed by atoms with Crippen molar-refractivity contribution in [3.8, 4) is 6.07 Å². The van der Waals surface area contributed by atoms with Gasteiger partial charge in [0, 0.05) is 5.69 Å². The fourth-order valence-corrected chi connectivity index (χ4v) is 1.97. The second-order valence-electron chi connectivity index (χ2n) is 4.27. The maximum Gasteiger partial charge on any atom is 0.343 e. The van der Waals surface area contributed by atoms with Crippen molar-refractivity contribution in [2.75, 3.05) is 5.32 Å². The number of hydrogen-bond acceptors (Lipinski definition) is 3. The van der Waals surface area contributed by atoms with Crippen LogP contribution in [0, 0.1) is 11.3 Å². The van der Waals surface area contributed by atoms with Gasteiger partial charge in [-0.05, 0) is 31.0 Å². The molecule has 1 aromatic carbocycles. The number of urea groups is 1. The van der Waals surface area contributed by atoms with Crippen LogP contribution in [0.5, 0.6) is 0 Å². The number of carbonyl (C=O) groups excluding carboxylic acids is 1. The summed E-state index contributed by atoms with van der Waals surface area (Å²) in [4.78, 5) is 16.8. The van der Waals surface area contributed by atoms with Crippen LogP contribution in [0.25, 0.3) is 0 Å². The molecule has 0 radical (unpaired) electrons. The van der Waals surface area contributed by atoms with E-state index in [0.29, 0.717) is 11.3 Å². The van der Waals surface area contributed by atoms with Crippen LogP contribution in [0.15, 0.2) is 24.3 Å². The summed E-state index contributed by atoms with van der Waals surface area (Å²) >= 11 is 0. The van der Waals surface area contributed by atoms with Gasteiger partial charge in [-0.3, -0.25) is 4.84 Å². The van der Waals surface area contributed by atoms with Crippen LogP contribution in [-0.2, 0) is 4.84 Å². The van der Waals surface area contributed by atoms with Crippen LogP contribution >= 0.6 is 0 Å². The van der Waals surface area contributed by atoms with Crippen molar-refractivity contribution in [1.29, 1.82) is 5.26 Å². The van der Waals surface area contributed by atoms with Gasteiger partial charge in [0.1, 0.15) is 0 Å². The lowest BCUT2D eigenvalue weighted by atomic mass is 10.2. The van der Waals surface area contributed by atoms with Gasteiger partial charge in [-0.2, -0.15) is 5.26 Å². The molecule has 1 fully saturated rings. The average molecular weight is 245 g/mol. The van der Waals surface area contributed by atoms with E-state index in [2.05, 4.69) is 10.8 Å². The zero-order chi connectivity index (χ0) is 12.8. The van der Waals surface area contributed by atoms with Crippen molar-refractivity contribution in [1.82, 2.24) is 5.48 Å². The Bertz CT molecular complexity index is 462. The molecular weight excluding hydrogens is 230 g/mol. The van der Waals surface area contributed by atoms with E-state index in [1.54, 1.807) is 24.3 Å². The summed E-state index contributed by atoms with van der Waals surface area (Å²) < 4.78 is 0. The first-order valence-corrected chi connectivity index (χ1v) is 6.01. The molecule has 0 aliphatic heterocycles. The van der Waals surface area contributed by atoms with Gasteiger partial charge in [-0.25, -0.2) is 10.3 Å². The molecule has 2 N–H and O–H groups in total. The molecule has 0 spiro atoms. The van der Waals surface area contributed by atoms with Gasteiger partial charge in [0.2, 0.25) is 0 Å². The van der Waals surface area contributed by atoms with Crippen molar-refractivity contribution in [2.24, 2.45) is 0 Å². The summed E-state index contributed by atoms with van der Waals surface area (Å²) in [5.74, 6) is 0. The lowest BCUT2D eigenvalue weighted by Gasteiger charge is -2.12. The number of amides is 2. The van der Waals surface area contributed by atoms with E-state index in [1.165, 1.54) is 0 Å². The minimum absolute atomic E-state index is 0.126. The number of benzene rings is 1. The van der Waals surface area contributed by atoms with Crippen molar-refractivity contribution >= 4 is 11.7 Å². The van der Waals surface area contributed by atoms with Crippen LogP contribution in [-0.4, -0.2) is 12.1 Å². The number of nitrogens with zero attached hydrogens (tertiary/aromatic N) is 1. The second kappa shape index (κ2) is 6.03. The molecule has 5 heteroatoms. The van der Waals surface area contributed by atoms with Gasteiger partial charge in [0.15, 0.2) is 0 Å². The molecule has 1 saturated carbocycles. The Morgan fingerprint density at radius 2 is 2.17 bits per heavy atom. The van der Waals surface area contributed by atoms with E-state index in [-0.39, 0.29) is 6.10 Å². The quantitative estimate of drug-likeness (QED) is 0.804. The summed E-state index contributed by atoms with van der Waals surface area (Å²) in [6.45, 7) is 0. The molecule has 5 nitrogen and oxygen atoms in total. The van der Waals surface area contributed by atoms with E-state index in [9.17, 15) is 4.79 Å². The van der Waals surface area contributed by atoms with Crippen LogP contribution in [0.2, 0.25) is 0 Å². The molecule has 94 valence electrons. The predicted octanol–water partition coefficient (Wildman–Crippen LogP) is 2.55. The lowest BCUT2D eigenvalue weighted by Crippen LogP contribution is -2.32. The van der Waals surface area contributed by atoms with E-state index < -0.39 is 6.03 Å². The Morgan fingerprint density at radius 1 is 1.39 bits per heavy atom. The molecule has 1 aliphatic carbocycles. The minimum Gasteiger partial charge on any atom is -0.306 e. The highest BCUT2D eigenvalue weighted by molar-refractivity contribution is 5.88. The fraction of sp³-hybridized carbons (Fsp3) is 0.385. The standard InChI is InChI=1S/C13H15N3O2/c14-9-10-4-3-5-11(8-10)15-13(17)16-18-12-6-1-2-7-12/h3-5,8,12H,1-2,6-7H2,(H2,15,16,17). The third-order valence-corrected chi connectivity index (χ3v) is 2.87. The van der Waals surface area contributed by atoms with Gasteiger partial charge in [0.25, 0.3) is 0 Å². The van der Waals surface area contributed by atoms with Crippen molar-refractivity contribution < 1.29 is 9.63 Å². The molecule has 0 bridgehead atoms. The van der Waals surface area contributed by atoms with E-state index in [1.807, 2.05) is 6.07 Å². The molecular formula is C13H15N3O2. The summed E-state index contributed by atoms with van der Waals surface area (Å²) in [6, 6.07) is 8.31. The Morgan fingerprint density at radius 3 is 2.89 bits per heavy atom. The molecule has 2 rings (SSSR count). The topological polar surface area (TPSA) is 74.2 Å². The van der Waals surface area contributed by atoms with E-state index in [4.69, 9.17) is 10.1 Å². The normalized spacial score (nSPS) is 15.1. The number of nitrogens with one attached hydrogen (secondary N) is 2. The van der Waals surface area contributed by atoms with E-state index in [0.717, 1.165) is 25.7 Å². The molecule has 0 heterocycles. The maximum absolute atomic E-state index is 11.5. The number of carbonyl (C=O) groups is 1. The zero-order valence-electron chi connectivity index (χ0n) is 9.98. The van der Waals surface area contributed by atoms with Gasteiger partial charge in [0.05, 0.1) is 17.7 Å². The first-order valence-electron chi connectivity index (χ1n) is 6.01. The second-order valence-corrected chi connectivity index (χ2v) is 4.27. The minimum atomic E-state index is -0.419. The van der Waals surface area contributed by atoms with Crippen LogP contribution in [0.1, 0.15) is 31.2 Å². The summed E-state index contributed by atoms with van der Waals surface area (Å²) in [5.41, 5.74) is 3.45. The fourth-order valence-electron chi connectivity index (χ4n) is 1.97. The number of nitriles is 1. The molecule has 18 heavy (non-hydrogen) atoms. The van der Waals surface area contributed by atoms with E-state index >= 15 is 0 Å². The molecule has 0 unspecified atom stereocenters. The largest absolute Gasteiger partial charge is 0.343 e. The van der Waals surface area contributed by atoms with Crippen LogP contribution in [0.3, 0.4) is 0 Å². The van der Waals surface area contributed by atoms with Crippen molar-refractivity contribution in [3.63, 3.8) is 0 Å². The number of hydrogen-bond donors (Lipinski definition) is 2. The SMILES string of the molecule is N#Cc1cccc(NC(=O)NOC2CCCC2)c1. The maximum atomic E-state index is 11.5. The summed E-state index contributed by atoms with van der Waals surface area (Å²) in [6.07, 6.45) is 4.41. The third kappa shape index (κ3) is 3.47. The molecule has 0 atom stereocenters. The predicted molar refractivity (Wildman–Crippen MR) is 66.7 cm³/mol. The highest BCUT2D eigenvalue weighted by Crippen LogP contribution is 2.19. The average Bonchev–Trinajstić information content (AvgIpc) is 2.90. The molecule has 1 aromatic rings. The Kier molecular flexibility index (Phi) is 4.15. The molecule has 0 aromatic heterocycles. The third-order valence-electron chi connectivity index (χ3n) is 2.87. The number of rotatable bonds is 3. The number of anilines is 1. The highest BCUT2D eigenvalue weighted by Gasteiger charge is 2.16. The first-order chi connectivity index (χ1) is 8.78. The first kappa shape index (κ1) is 12.4. The summed E-state index contributed by atoms with van der Waals surface area (Å²) in [5, 5.41) is 11.4. The van der Waals surface area contributed by atoms with Gasteiger partial charge in [-0.1, -0.05) is 18.9 Å². The van der Waals surface area contributed by atoms with Crippen LogP contribution < -0.4 is 10.8 Å². The molecule has 0 saturated heterocycles. The monoisotopic (exact) mass is 245 g/mol. The van der Waals surface area contributed by atoms with Crippen LogP contribution in [0.4, 0.5) is 10.5 Å². The lowest BCUT2D eigenvalue weighted by molar-refractivity contribution is 0.00336. The Balaban J connectivity index is 1.81. The summed E-state index contributed by atoms with van der Waals surface area (Å²) in [7, 11) is 0. The number of hydroxylamine groups is 1. The molecule has 2 amide bonds. The molecule has 1 aliphatic rings. The Hall–Kier alpha value is -2.06. The van der Waals surface area contributed by atoms with Crippen molar-refractivity contribution in [3.05, 3.63) is 29.8 Å². The van der Waals surface area contributed by atoms with Gasteiger partial charge < -0.3 is 5.32 Å². The highest BCUT2D eigenvalue weighted by atomic mass is 16.7. The van der Waals surface area contributed by atoms with Crippen molar-refractivity contribution in [2.45, 2.75) is 31.8 Å². The zero-order valence-corrected chi connectivity index (χ0v) is 9.98. The van der Waals surface area contributed by atoms with Gasteiger partial charge in [-0.15, -0.1) is 0 Å².